The van der Waals surface area contributed by atoms with E-state index < -0.39 is 11.6 Å². The predicted octanol–water partition coefficient (Wildman–Crippen LogP) is 10.8. The molecule has 0 aliphatic carbocycles. The van der Waals surface area contributed by atoms with Gasteiger partial charge in [0, 0.05) is 123 Å². The van der Waals surface area contributed by atoms with Crippen LogP contribution in [0.1, 0.15) is 172 Å². The van der Waals surface area contributed by atoms with Crippen LogP contribution in [-0.4, -0.2) is 216 Å². The molecular weight excluding hydrogens is 1660 g/mol. The maximum absolute atomic E-state index is 15.2. The number of carbonyl (C=O) groups excluding carboxylic acids is 5. The number of nitrogens with one attached hydrogen (secondary N) is 5. The first-order chi connectivity index (χ1) is 60.1. The number of nitrogens with two attached hydrogens (primary N) is 2. The van der Waals surface area contributed by atoms with Gasteiger partial charge in [-0.25, -0.2) is 46.1 Å². The molecule has 8 unspecified atom stereocenters. The standard InChI is InChI=1S/C25H25F2N5O3.C18H25FN2O.C17H24FN3O.C11H13FNO.C11H20N2O2.C10H9ClFN3O2.Li.H2O/c1-34-19-11-18-22(21(27)23(19)35-2)29-25(30-24(18)28)31-12-16-8-9-17(13-31)32(16)20(33)10-5-14-3-6-15(26)7-4-14;1-2-20-17(13-6-8-14(19)9-7-13)12-18(22)21-15-4-3-5-16(21)11-10-15;1-2-20-16(12-3-5-13(18)6-4-12)9-17(22)21-14-7-8-15(21)11-19-10-14;1-2-13-11(7-8-14)9-3-5-10(12)6-4-9;1-11(2,3)15-10(14)13-6-8-4-5-9(7-13)12-8;1-16-5-3-4-7(6(12)8(5)17-2)14-10(11)15-9(4)13;;/h3-7,10-11,16-17H,8-9,12-13H2,1-2H3,(H2,28,29,30);6-9,15-17,20H,2-5,10-12H2,1H3;3-6,14-16,19-20H,2,7-11H2,1H3;3-6,11,13H,2,7H2,1H3;8-9,12H,4-7H2,1-3H3;3H,1-2H3,(H2,13,14,15);;1H2/q;;;-1;;;+1;/p-1/t;15?,16?,17-;14?,15?,16-;11-;;;;/m.111..../s1. The number of carbonyl (C=O) groups is 4. The molecule has 0 saturated carbocycles. The molecule has 2 aromatic heterocycles. The summed E-state index contributed by atoms with van der Waals surface area (Å²) in [4.78, 5) is 87.0. The number of aromatic nitrogens is 4. The number of hydrogen-bond donors (Lipinski definition) is 7. The number of methoxy groups -OCH3 is 4. The van der Waals surface area contributed by atoms with Crippen LogP contribution in [0.15, 0.2) is 115 Å². The van der Waals surface area contributed by atoms with Gasteiger partial charge in [-0.1, -0.05) is 69.3 Å². The number of anilines is 3. The quantitative estimate of drug-likeness (QED) is 0.0109. The number of nitrogen functional groups attached to an aromatic ring is 2. The van der Waals surface area contributed by atoms with Crippen molar-refractivity contribution in [3.8, 4) is 23.0 Å². The number of nitrogens with zero attached hydrogens (tertiary/aromatic N) is 9. The molecule has 16 rings (SSSR count). The summed E-state index contributed by atoms with van der Waals surface area (Å²) < 4.78 is 107. The van der Waals surface area contributed by atoms with Crippen LogP contribution in [0, 0.1) is 34.9 Å². The van der Waals surface area contributed by atoms with Crippen molar-refractivity contribution in [1.29, 1.82) is 0 Å². The SMILES string of the molecule is CC(C)(C)OC(=O)N1CC2CCC(C1)N2.CCN[C@H](CC(=O)N1C2CCC1CNC2)c1ccc(F)cc1.CCN[C@H](CC(=O)N1C2CCCC1CC2)c1ccc(F)cc1.CCN[C@H](C[C-]=O)c1ccc(F)cc1.COc1cc2c(N)nc(Cl)nc2c(F)c1OC.COc1cc2c(N)nc(N3CC4CCC(C3)N4C(=O)C=Cc3ccc(F)cc3)nc2c(F)c1OC.[Li+].[OH-]. The van der Waals surface area contributed by atoms with Gasteiger partial charge in [0.15, 0.2) is 34.6 Å². The van der Waals surface area contributed by atoms with Crippen LogP contribution >= 0.6 is 11.6 Å². The van der Waals surface area contributed by atoms with Crippen molar-refractivity contribution in [1.82, 2.24) is 66.1 Å². The van der Waals surface area contributed by atoms with Crippen molar-refractivity contribution in [3.05, 3.63) is 178 Å². The second-order valence-electron chi connectivity index (χ2n) is 33.1. The number of piperidine rings is 1. The Bertz CT molecular complexity index is 4850. The van der Waals surface area contributed by atoms with Gasteiger partial charge in [0.05, 0.1) is 40.5 Å². The van der Waals surface area contributed by atoms with E-state index in [1.165, 1.54) is 121 Å². The van der Waals surface area contributed by atoms with E-state index in [-0.39, 0.29) is 158 Å². The molecule has 682 valence electrons. The smallest absolute Gasteiger partial charge is 0.870 e. The number of likely N-dealkylation sites (tertiary alicyclic amines) is 1. The van der Waals surface area contributed by atoms with Crippen LogP contribution in [0.4, 0.5) is 48.7 Å². The zero-order valence-electron chi connectivity index (χ0n) is 74.0. The molecular formula is C92H117ClF6LiN16O11-. The van der Waals surface area contributed by atoms with Crippen molar-refractivity contribution in [2.45, 2.75) is 203 Å². The maximum Gasteiger partial charge on any atom is 1.00 e. The fourth-order valence-electron chi connectivity index (χ4n) is 17.8. The summed E-state index contributed by atoms with van der Waals surface area (Å²) in [5.41, 5.74) is 15.1. The van der Waals surface area contributed by atoms with Gasteiger partial charge in [-0.15, -0.1) is 6.42 Å². The Balaban J connectivity index is 0.000000177. The maximum atomic E-state index is 15.2. The Labute approximate surface area is 755 Å². The molecule has 8 aliphatic rings. The van der Waals surface area contributed by atoms with Gasteiger partial charge in [-0.05, 0) is 212 Å². The number of halogens is 7. The first-order valence-electron chi connectivity index (χ1n) is 42.9. The Morgan fingerprint density at radius 2 is 0.953 bits per heavy atom. The van der Waals surface area contributed by atoms with E-state index in [2.05, 4.69) is 56.3 Å². The van der Waals surface area contributed by atoms with Gasteiger partial charge in [0.25, 0.3) is 0 Å². The second-order valence-corrected chi connectivity index (χ2v) is 33.4. The Hall–Kier alpha value is -10.1. The van der Waals surface area contributed by atoms with E-state index in [0.717, 1.165) is 107 Å². The topological polar surface area (TPSA) is 341 Å². The predicted molar refractivity (Wildman–Crippen MR) is 472 cm³/mol. The van der Waals surface area contributed by atoms with E-state index in [1.807, 2.05) is 62.5 Å². The molecule has 10 N–H and O–H groups in total. The van der Waals surface area contributed by atoms with E-state index in [4.69, 9.17) is 46.8 Å². The van der Waals surface area contributed by atoms with Crippen molar-refractivity contribution in [2.75, 3.05) is 104 Å². The third kappa shape index (κ3) is 26.1. The number of hydrogen-bond acceptors (Lipinski definition) is 23. The monoisotopic (exact) mass is 1780 g/mol. The fourth-order valence-corrected chi connectivity index (χ4v) is 18.0. The number of amides is 4. The van der Waals surface area contributed by atoms with E-state index in [0.29, 0.717) is 85.3 Å². The van der Waals surface area contributed by atoms with Crippen LogP contribution in [0.25, 0.3) is 27.9 Å². The van der Waals surface area contributed by atoms with Crippen molar-refractivity contribution >= 4 is 87.2 Å². The van der Waals surface area contributed by atoms with Gasteiger partial charge in [0.1, 0.15) is 51.5 Å². The van der Waals surface area contributed by atoms with E-state index in [1.54, 1.807) is 60.7 Å². The Morgan fingerprint density at radius 1 is 0.543 bits per heavy atom. The number of benzene rings is 6. The summed E-state index contributed by atoms with van der Waals surface area (Å²) in [5, 5.41) is 17.3. The molecule has 4 amide bonds. The summed E-state index contributed by atoms with van der Waals surface area (Å²) in [5.74, 6) is -1.19. The normalized spacial score (nSPS) is 20.5. The first kappa shape index (κ1) is 101. The largest absolute Gasteiger partial charge is 1.00 e. The van der Waals surface area contributed by atoms with Gasteiger partial charge in [-0.2, -0.15) is 4.98 Å². The Morgan fingerprint density at radius 3 is 1.39 bits per heavy atom. The van der Waals surface area contributed by atoms with E-state index in [9.17, 15) is 45.9 Å². The zero-order chi connectivity index (χ0) is 89.8. The van der Waals surface area contributed by atoms with Crippen molar-refractivity contribution in [2.24, 2.45) is 0 Å². The number of piperazine rings is 3. The molecule has 0 radical (unpaired) electrons. The second kappa shape index (κ2) is 47.3. The molecule has 6 aromatic carbocycles. The minimum absolute atomic E-state index is 0. The zero-order valence-corrected chi connectivity index (χ0v) is 74.8. The van der Waals surface area contributed by atoms with Crippen LogP contribution in [-0.2, 0) is 23.9 Å². The average Bonchev–Trinajstić information content (AvgIpc) is 1.55. The summed E-state index contributed by atoms with van der Waals surface area (Å²) in [6.45, 7) is 18.5. The van der Waals surface area contributed by atoms with Crippen LogP contribution in [0.5, 0.6) is 23.0 Å². The van der Waals surface area contributed by atoms with Gasteiger partial charge in [-0.3, -0.25) is 20.7 Å². The third-order valence-electron chi connectivity index (χ3n) is 23.6. The number of rotatable bonds is 22. The van der Waals surface area contributed by atoms with Crippen molar-refractivity contribution < 1.29 is 98.3 Å². The molecule has 8 aliphatic heterocycles. The van der Waals surface area contributed by atoms with Crippen molar-refractivity contribution in [3.63, 3.8) is 0 Å². The number of ether oxygens (including phenoxy) is 5. The van der Waals surface area contributed by atoms with Gasteiger partial charge in [0.2, 0.25) is 29.0 Å². The average molecular weight is 1780 g/mol. The Kier molecular flexibility index (Phi) is 37.5. The summed E-state index contributed by atoms with van der Waals surface area (Å²) in [7, 11) is 5.51. The molecule has 11 atom stereocenters. The summed E-state index contributed by atoms with van der Waals surface area (Å²) >= 11 is 5.62. The first-order valence-corrected chi connectivity index (χ1v) is 43.2. The fraction of sp³-hybridized carbons (Fsp3) is 0.489. The molecule has 10 heterocycles. The van der Waals surface area contributed by atoms with Crippen LogP contribution in [0.3, 0.4) is 0 Å². The number of fused-ring (bicyclic) bond motifs is 10. The molecule has 8 fully saturated rings. The molecule has 35 heteroatoms. The summed E-state index contributed by atoms with van der Waals surface area (Å²) in [6, 6.07) is 30.5. The van der Waals surface area contributed by atoms with Crippen LogP contribution < -0.4 is 80.8 Å². The minimum Gasteiger partial charge on any atom is -0.870 e. The van der Waals surface area contributed by atoms with Crippen LogP contribution in [0.2, 0.25) is 5.28 Å². The molecule has 8 aromatic rings. The van der Waals surface area contributed by atoms with Gasteiger partial charge >= 0.3 is 25.0 Å². The minimum atomic E-state index is -0.683. The molecule has 27 nitrogen and oxygen atoms in total. The molecule has 8 saturated heterocycles. The third-order valence-corrected chi connectivity index (χ3v) is 23.8. The molecule has 8 bridgehead atoms. The van der Waals surface area contributed by atoms with Gasteiger partial charge < -0.3 is 96.5 Å². The van der Waals surface area contributed by atoms with E-state index >= 15 is 4.39 Å². The molecule has 127 heavy (non-hydrogen) atoms. The molecule has 0 spiro atoms. The summed E-state index contributed by atoms with van der Waals surface area (Å²) in [6.07, 6.45) is 18.3.